The minimum Gasteiger partial charge on any atom is -0.118 e. The zero-order valence-corrected chi connectivity index (χ0v) is 8.72. The van der Waals surface area contributed by atoms with Crippen LogP contribution in [0.5, 0.6) is 0 Å². The van der Waals surface area contributed by atoms with E-state index < -0.39 is 0 Å². The van der Waals surface area contributed by atoms with Crippen LogP contribution >= 0.6 is 11.6 Å². The largest absolute Gasteiger partial charge is 0.118 e. The number of hydrogen-bond acceptors (Lipinski definition) is 0. The summed E-state index contributed by atoms with van der Waals surface area (Å²) in [4.78, 5) is 0. The Balaban J connectivity index is 2.31. The highest BCUT2D eigenvalue weighted by atomic mass is 35.5. The lowest BCUT2D eigenvalue weighted by atomic mass is 9.82. The van der Waals surface area contributed by atoms with Crippen LogP contribution in [0.3, 0.4) is 0 Å². The van der Waals surface area contributed by atoms with Crippen molar-refractivity contribution in [3.05, 3.63) is 35.4 Å². The molecule has 0 saturated carbocycles. The SMILES string of the molecule is CCC1Cc2ccccc2C(Cl)C1. The maximum atomic E-state index is 6.32. The summed E-state index contributed by atoms with van der Waals surface area (Å²) < 4.78 is 0. The Morgan fingerprint density at radius 2 is 2.15 bits per heavy atom. The molecule has 0 heterocycles. The molecule has 0 saturated heterocycles. The third-order valence-electron chi connectivity index (χ3n) is 3.02. The smallest absolute Gasteiger partial charge is 0.0590 e. The predicted octanol–water partition coefficient (Wildman–Crippen LogP) is 3.94. The summed E-state index contributed by atoms with van der Waals surface area (Å²) >= 11 is 6.32. The lowest BCUT2D eigenvalue weighted by molar-refractivity contribution is 0.437. The Morgan fingerprint density at radius 3 is 2.92 bits per heavy atom. The van der Waals surface area contributed by atoms with Crippen molar-refractivity contribution in [3.63, 3.8) is 0 Å². The van der Waals surface area contributed by atoms with Gasteiger partial charge in [-0.2, -0.15) is 0 Å². The quantitative estimate of drug-likeness (QED) is 0.595. The molecule has 2 rings (SSSR count). The monoisotopic (exact) mass is 194 g/mol. The normalized spacial score (nSPS) is 26.9. The van der Waals surface area contributed by atoms with E-state index in [-0.39, 0.29) is 5.38 Å². The van der Waals surface area contributed by atoms with Gasteiger partial charge in [-0.05, 0) is 29.9 Å². The van der Waals surface area contributed by atoms with E-state index in [9.17, 15) is 0 Å². The number of rotatable bonds is 1. The number of benzene rings is 1. The molecule has 1 aromatic carbocycles. The molecule has 1 aliphatic rings. The third kappa shape index (κ3) is 1.73. The summed E-state index contributed by atoms with van der Waals surface area (Å²) in [6.07, 6.45) is 3.61. The lowest BCUT2D eigenvalue weighted by Crippen LogP contribution is -2.15. The summed E-state index contributed by atoms with van der Waals surface area (Å²) in [6.45, 7) is 2.25. The molecule has 0 N–H and O–H groups in total. The second-order valence-electron chi connectivity index (χ2n) is 3.88. The van der Waals surface area contributed by atoms with Crippen molar-refractivity contribution in [1.29, 1.82) is 0 Å². The number of alkyl halides is 1. The van der Waals surface area contributed by atoms with Crippen molar-refractivity contribution < 1.29 is 0 Å². The molecule has 2 unspecified atom stereocenters. The number of hydrogen-bond donors (Lipinski definition) is 0. The van der Waals surface area contributed by atoms with Crippen LogP contribution in [-0.4, -0.2) is 0 Å². The van der Waals surface area contributed by atoms with E-state index in [0.717, 1.165) is 12.3 Å². The van der Waals surface area contributed by atoms with Crippen LogP contribution in [0.2, 0.25) is 0 Å². The van der Waals surface area contributed by atoms with Crippen LogP contribution in [0, 0.1) is 5.92 Å². The van der Waals surface area contributed by atoms with Crippen molar-refractivity contribution >= 4 is 11.6 Å². The van der Waals surface area contributed by atoms with E-state index >= 15 is 0 Å². The first-order valence-electron chi connectivity index (χ1n) is 5.03. The molecule has 0 aromatic heterocycles. The summed E-state index contributed by atoms with van der Waals surface area (Å²) in [7, 11) is 0. The lowest BCUT2D eigenvalue weighted by Gasteiger charge is -2.27. The molecule has 2 atom stereocenters. The molecule has 13 heavy (non-hydrogen) atoms. The molecule has 0 radical (unpaired) electrons. The molecule has 1 aromatic rings. The first kappa shape index (κ1) is 9.08. The zero-order chi connectivity index (χ0) is 9.26. The van der Waals surface area contributed by atoms with Gasteiger partial charge in [0.05, 0.1) is 5.38 Å². The van der Waals surface area contributed by atoms with Crippen LogP contribution in [0.15, 0.2) is 24.3 Å². The first-order chi connectivity index (χ1) is 6.31. The third-order valence-corrected chi connectivity index (χ3v) is 3.43. The molecule has 0 aliphatic heterocycles. The van der Waals surface area contributed by atoms with Crippen molar-refractivity contribution in [3.8, 4) is 0 Å². The zero-order valence-electron chi connectivity index (χ0n) is 7.96. The van der Waals surface area contributed by atoms with Gasteiger partial charge in [-0.15, -0.1) is 11.6 Å². The average Bonchev–Trinajstić information content (AvgIpc) is 2.18. The number of fused-ring (bicyclic) bond motifs is 1. The van der Waals surface area contributed by atoms with Gasteiger partial charge in [0, 0.05) is 0 Å². The highest BCUT2D eigenvalue weighted by Crippen LogP contribution is 2.38. The molecule has 1 heteroatoms. The maximum absolute atomic E-state index is 6.32. The fourth-order valence-electron chi connectivity index (χ4n) is 2.15. The molecule has 0 bridgehead atoms. The highest BCUT2D eigenvalue weighted by Gasteiger charge is 2.23. The van der Waals surface area contributed by atoms with Gasteiger partial charge in [0.15, 0.2) is 0 Å². The fourth-order valence-corrected chi connectivity index (χ4v) is 2.62. The molecule has 0 nitrogen and oxygen atoms in total. The van der Waals surface area contributed by atoms with Gasteiger partial charge in [0.1, 0.15) is 0 Å². The summed E-state index contributed by atoms with van der Waals surface area (Å²) in [6, 6.07) is 8.58. The average molecular weight is 195 g/mol. The van der Waals surface area contributed by atoms with Crippen molar-refractivity contribution in [1.82, 2.24) is 0 Å². The van der Waals surface area contributed by atoms with Crippen molar-refractivity contribution in [2.24, 2.45) is 5.92 Å². The number of halogens is 1. The highest BCUT2D eigenvalue weighted by molar-refractivity contribution is 6.21. The minimum atomic E-state index is 0.245. The first-order valence-corrected chi connectivity index (χ1v) is 5.46. The van der Waals surface area contributed by atoms with Gasteiger partial charge in [-0.25, -0.2) is 0 Å². The van der Waals surface area contributed by atoms with Gasteiger partial charge < -0.3 is 0 Å². The summed E-state index contributed by atoms with van der Waals surface area (Å²) in [5.41, 5.74) is 2.81. The van der Waals surface area contributed by atoms with E-state index in [4.69, 9.17) is 11.6 Å². The summed E-state index contributed by atoms with van der Waals surface area (Å²) in [5, 5.41) is 0.245. The standard InChI is InChI=1S/C12H15Cl/c1-2-9-7-10-5-3-4-6-11(10)12(13)8-9/h3-6,9,12H,2,7-8H2,1H3. The minimum absolute atomic E-state index is 0.245. The van der Waals surface area contributed by atoms with Crippen LogP contribution in [-0.2, 0) is 6.42 Å². The topological polar surface area (TPSA) is 0 Å². The van der Waals surface area contributed by atoms with E-state index in [1.807, 2.05) is 0 Å². The van der Waals surface area contributed by atoms with Crippen LogP contribution in [0.1, 0.15) is 36.3 Å². The van der Waals surface area contributed by atoms with E-state index in [1.165, 1.54) is 24.0 Å². The van der Waals surface area contributed by atoms with Gasteiger partial charge in [0.2, 0.25) is 0 Å². The van der Waals surface area contributed by atoms with E-state index in [2.05, 4.69) is 31.2 Å². The van der Waals surface area contributed by atoms with Gasteiger partial charge in [-0.1, -0.05) is 37.6 Å². The molecule has 0 spiro atoms. The molecular formula is C12H15Cl. The van der Waals surface area contributed by atoms with Crippen LogP contribution in [0.25, 0.3) is 0 Å². The van der Waals surface area contributed by atoms with Crippen molar-refractivity contribution in [2.45, 2.75) is 31.6 Å². The molecular weight excluding hydrogens is 180 g/mol. The molecule has 0 fully saturated rings. The second kappa shape index (κ2) is 3.71. The van der Waals surface area contributed by atoms with Crippen LogP contribution < -0.4 is 0 Å². The van der Waals surface area contributed by atoms with E-state index in [1.54, 1.807) is 0 Å². The molecule has 0 amide bonds. The Hall–Kier alpha value is -0.490. The second-order valence-corrected chi connectivity index (χ2v) is 4.41. The van der Waals surface area contributed by atoms with Gasteiger partial charge in [0.25, 0.3) is 0 Å². The van der Waals surface area contributed by atoms with E-state index in [0.29, 0.717) is 0 Å². The predicted molar refractivity (Wildman–Crippen MR) is 57.1 cm³/mol. The Morgan fingerprint density at radius 1 is 1.38 bits per heavy atom. The van der Waals surface area contributed by atoms with Crippen molar-refractivity contribution in [2.75, 3.05) is 0 Å². The van der Waals surface area contributed by atoms with Gasteiger partial charge >= 0.3 is 0 Å². The molecule has 1 aliphatic carbocycles. The Kier molecular flexibility index (Phi) is 2.59. The molecule has 70 valence electrons. The maximum Gasteiger partial charge on any atom is 0.0590 e. The Labute approximate surface area is 84.9 Å². The fraction of sp³-hybridized carbons (Fsp3) is 0.500. The summed E-state index contributed by atoms with van der Waals surface area (Å²) in [5.74, 6) is 0.789. The Bertz CT molecular complexity index is 293. The van der Waals surface area contributed by atoms with Crippen LogP contribution in [0.4, 0.5) is 0 Å². The van der Waals surface area contributed by atoms with Gasteiger partial charge in [-0.3, -0.25) is 0 Å².